The summed E-state index contributed by atoms with van der Waals surface area (Å²) in [7, 11) is -3.29. The molecule has 1 atom stereocenters. The molecule has 0 bridgehead atoms. The number of hydrogen-bond donors (Lipinski definition) is 1. The number of benzene rings is 2. The number of ether oxygens (including phenoxy) is 1. The SMILES string of the molecule is O=S1(=O)c2ccccc2CN1CCCCNCC1CCc2ccccc2O1. The molecule has 2 aliphatic rings. The van der Waals surface area contributed by atoms with Crippen LogP contribution in [-0.2, 0) is 23.0 Å². The zero-order valence-corrected chi connectivity index (χ0v) is 16.2. The highest BCUT2D eigenvalue weighted by Crippen LogP contribution is 2.30. The van der Waals surface area contributed by atoms with Crippen molar-refractivity contribution in [1.82, 2.24) is 9.62 Å². The molecule has 4 rings (SSSR count). The van der Waals surface area contributed by atoms with Crippen LogP contribution in [0.2, 0.25) is 0 Å². The minimum Gasteiger partial charge on any atom is -0.489 e. The molecule has 6 heteroatoms. The number of nitrogens with zero attached hydrogens (tertiary/aromatic N) is 1. The Hall–Kier alpha value is -1.89. The molecule has 27 heavy (non-hydrogen) atoms. The van der Waals surface area contributed by atoms with Crippen LogP contribution in [0.15, 0.2) is 53.4 Å². The van der Waals surface area contributed by atoms with E-state index in [4.69, 9.17) is 4.74 Å². The van der Waals surface area contributed by atoms with Gasteiger partial charge in [0.25, 0.3) is 0 Å². The van der Waals surface area contributed by atoms with E-state index in [0.717, 1.165) is 50.1 Å². The van der Waals surface area contributed by atoms with Gasteiger partial charge < -0.3 is 10.1 Å². The first-order valence-corrected chi connectivity index (χ1v) is 11.1. The lowest BCUT2D eigenvalue weighted by molar-refractivity contribution is 0.170. The predicted molar refractivity (Wildman–Crippen MR) is 105 cm³/mol. The third kappa shape index (κ3) is 4.03. The van der Waals surface area contributed by atoms with E-state index in [-0.39, 0.29) is 6.10 Å². The van der Waals surface area contributed by atoms with Crippen molar-refractivity contribution >= 4 is 10.0 Å². The van der Waals surface area contributed by atoms with Gasteiger partial charge in [0, 0.05) is 19.6 Å². The van der Waals surface area contributed by atoms with Gasteiger partial charge in [-0.1, -0.05) is 36.4 Å². The summed E-state index contributed by atoms with van der Waals surface area (Å²) in [4.78, 5) is 0.470. The molecule has 5 nitrogen and oxygen atoms in total. The first-order valence-electron chi connectivity index (χ1n) is 9.68. The van der Waals surface area contributed by atoms with Crippen LogP contribution in [0.1, 0.15) is 30.4 Å². The summed E-state index contributed by atoms with van der Waals surface area (Å²) in [5.74, 6) is 1.01. The number of unbranched alkanes of at least 4 members (excludes halogenated alkanes) is 1. The summed E-state index contributed by atoms with van der Waals surface area (Å²) >= 11 is 0. The van der Waals surface area contributed by atoms with Gasteiger partial charge in [0.15, 0.2) is 0 Å². The fourth-order valence-electron chi connectivity index (χ4n) is 3.82. The second kappa shape index (κ2) is 8.00. The highest BCUT2D eigenvalue weighted by molar-refractivity contribution is 7.89. The Labute approximate surface area is 161 Å². The van der Waals surface area contributed by atoms with E-state index in [1.54, 1.807) is 16.4 Å². The topological polar surface area (TPSA) is 58.6 Å². The van der Waals surface area contributed by atoms with Crippen molar-refractivity contribution in [2.75, 3.05) is 19.6 Å². The molecule has 0 saturated heterocycles. The van der Waals surface area contributed by atoms with Crippen molar-refractivity contribution in [2.45, 2.75) is 43.2 Å². The van der Waals surface area contributed by atoms with E-state index in [0.29, 0.717) is 18.0 Å². The summed E-state index contributed by atoms with van der Waals surface area (Å²) in [6.45, 7) is 2.79. The Morgan fingerprint density at radius 1 is 1.04 bits per heavy atom. The van der Waals surface area contributed by atoms with Gasteiger partial charge in [-0.05, 0) is 55.5 Å². The minimum atomic E-state index is -3.29. The summed E-state index contributed by atoms with van der Waals surface area (Å²) in [5.41, 5.74) is 2.20. The lowest BCUT2D eigenvalue weighted by atomic mass is 10.0. The number of hydrogen-bond acceptors (Lipinski definition) is 4. The van der Waals surface area contributed by atoms with Gasteiger partial charge in [-0.2, -0.15) is 4.31 Å². The van der Waals surface area contributed by atoms with Crippen LogP contribution in [0.4, 0.5) is 0 Å². The minimum absolute atomic E-state index is 0.216. The van der Waals surface area contributed by atoms with Crippen molar-refractivity contribution in [3.63, 3.8) is 0 Å². The molecule has 2 aromatic rings. The second-order valence-corrected chi connectivity index (χ2v) is 9.15. The van der Waals surface area contributed by atoms with Gasteiger partial charge in [0.1, 0.15) is 11.9 Å². The Morgan fingerprint density at radius 2 is 1.81 bits per heavy atom. The van der Waals surface area contributed by atoms with Crippen molar-refractivity contribution in [2.24, 2.45) is 0 Å². The molecule has 1 unspecified atom stereocenters. The Kier molecular flexibility index (Phi) is 5.48. The summed E-state index contributed by atoms with van der Waals surface area (Å²) in [6.07, 6.45) is 4.12. The van der Waals surface area contributed by atoms with Crippen LogP contribution in [-0.4, -0.2) is 38.5 Å². The molecule has 0 amide bonds. The molecular weight excluding hydrogens is 360 g/mol. The van der Waals surface area contributed by atoms with Crippen molar-refractivity contribution in [1.29, 1.82) is 0 Å². The standard InChI is InChI=1S/C21H26N2O3S/c24-27(25)21-10-4-2-8-18(21)16-23(27)14-6-5-13-22-15-19-12-11-17-7-1-3-9-20(17)26-19/h1-4,7-10,19,22H,5-6,11-16H2. The van der Waals surface area contributed by atoms with E-state index >= 15 is 0 Å². The van der Waals surface area contributed by atoms with Crippen LogP contribution in [0, 0.1) is 0 Å². The molecule has 2 aliphatic heterocycles. The number of rotatable bonds is 7. The smallest absolute Gasteiger partial charge is 0.243 e. The van der Waals surface area contributed by atoms with Crippen molar-refractivity contribution < 1.29 is 13.2 Å². The van der Waals surface area contributed by atoms with Crippen molar-refractivity contribution in [3.8, 4) is 5.75 Å². The van der Waals surface area contributed by atoms with Crippen LogP contribution in [0.25, 0.3) is 0 Å². The van der Waals surface area contributed by atoms with Gasteiger partial charge in [-0.25, -0.2) is 8.42 Å². The summed E-state index contributed by atoms with van der Waals surface area (Å²) in [5, 5.41) is 3.46. The number of nitrogens with one attached hydrogen (secondary N) is 1. The number of fused-ring (bicyclic) bond motifs is 2. The molecule has 0 fully saturated rings. The van der Waals surface area contributed by atoms with Gasteiger partial charge in [0.05, 0.1) is 4.90 Å². The van der Waals surface area contributed by atoms with Crippen LogP contribution in [0.5, 0.6) is 5.75 Å². The highest BCUT2D eigenvalue weighted by Gasteiger charge is 2.33. The van der Waals surface area contributed by atoms with Gasteiger partial charge >= 0.3 is 0 Å². The third-order valence-corrected chi connectivity index (χ3v) is 7.27. The largest absolute Gasteiger partial charge is 0.489 e. The molecule has 1 N–H and O–H groups in total. The molecule has 0 aromatic heterocycles. The zero-order chi connectivity index (χ0) is 18.7. The van der Waals surface area contributed by atoms with Crippen LogP contribution >= 0.6 is 0 Å². The summed E-state index contributed by atoms with van der Waals surface area (Å²) in [6, 6.07) is 15.5. The fourth-order valence-corrected chi connectivity index (χ4v) is 5.50. The molecule has 144 valence electrons. The van der Waals surface area contributed by atoms with E-state index in [1.165, 1.54) is 5.56 Å². The molecular formula is C21H26N2O3S. The third-order valence-electron chi connectivity index (χ3n) is 5.32. The van der Waals surface area contributed by atoms with Gasteiger partial charge in [-0.15, -0.1) is 0 Å². The molecule has 0 radical (unpaired) electrons. The molecule has 2 heterocycles. The molecule has 0 saturated carbocycles. The maximum Gasteiger partial charge on any atom is 0.243 e. The van der Waals surface area contributed by atoms with E-state index in [1.807, 2.05) is 24.3 Å². The van der Waals surface area contributed by atoms with E-state index in [2.05, 4.69) is 17.4 Å². The normalized spacial score (nSPS) is 20.7. The maximum absolute atomic E-state index is 12.5. The Balaban J connectivity index is 1.16. The molecule has 2 aromatic carbocycles. The number of sulfonamides is 1. The van der Waals surface area contributed by atoms with E-state index in [9.17, 15) is 8.42 Å². The molecule has 0 aliphatic carbocycles. The zero-order valence-electron chi connectivity index (χ0n) is 15.4. The number of aryl methyl sites for hydroxylation is 1. The average Bonchev–Trinajstić information content (AvgIpc) is 2.95. The van der Waals surface area contributed by atoms with Crippen LogP contribution in [0.3, 0.4) is 0 Å². The Bertz CT molecular complexity index is 898. The first kappa shape index (κ1) is 18.5. The van der Waals surface area contributed by atoms with Gasteiger partial charge in [0.2, 0.25) is 10.0 Å². The average molecular weight is 387 g/mol. The quantitative estimate of drug-likeness (QED) is 0.744. The predicted octanol–water partition coefficient (Wildman–Crippen LogP) is 2.95. The first-order chi connectivity index (χ1) is 13.1. The fraction of sp³-hybridized carbons (Fsp3) is 0.429. The number of para-hydroxylation sites is 1. The molecule has 0 spiro atoms. The lowest BCUT2D eigenvalue weighted by Crippen LogP contribution is -2.34. The second-order valence-electron chi connectivity index (χ2n) is 7.24. The van der Waals surface area contributed by atoms with Gasteiger partial charge in [-0.3, -0.25) is 0 Å². The lowest BCUT2D eigenvalue weighted by Gasteiger charge is -2.26. The van der Waals surface area contributed by atoms with Crippen LogP contribution < -0.4 is 10.1 Å². The highest BCUT2D eigenvalue weighted by atomic mass is 32.2. The Morgan fingerprint density at radius 3 is 2.67 bits per heavy atom. The monoisotopic (exact) mass is 386 g/mol. The maximum atomic E-state index is 12.5. The van der Waals surface area contributed by atoms with Crippen molar-refractivity contribution in [3.05, 3.63) is 59.7 Å². The summed E-state index contributed by atoms with van der Waals surface area (Å²) < 4.78 is 32.6. The van der Waals surface area contributed by atoms with E-state index < -0.39 is 10.0 Å².